The van der Waals surface area contributed by atoms with Gasteiger partial charge < -0.3 is 15.4 Å². The van der Waals surface area contributed by atoms with Crippen molar-refractivity contribution in [3.63, 3.8) is 0 Å². The third-order valence-corrected chi connectivity index (χ3v) is 5.78. The summed E-state index contributed by atoms with van der Waals surface area (Å²) in [4.78, 5) is 11.8. The van der Waals surface area contributed by atoms with Gasteiger partial charge in [-0.1, -0.05) is 6.42 Å². The highest BCUT2D eigenvalue weighted by Gasteiger charge is 2.19. The number of hydrogen-bond donors (Lipinski definition) is 3. The van der Waals surface area contributed by atoms with E-state index < -0.39 is 0 Å². The highest BCUT2D eigenvalue weighted by molar-refractivity contribution is 5.85. The van der Waals surface area contributed by atoms with Gasteiger partial charge in [0.05, 0.1) is 0 Å². The van der Waals surface area contributed by atoms with Crippen LogP contribution in [0.15, 0.2) is 37.1 Å². The van der Waals surface area contributed by atoms with Crippen LogP contribution in [-0.4, -0.2) is 44.4 Å². The molecule has 2 aromatic heterocycles. The van der Waals surface area contributed by atoms with Gasteiger partial charge in [-0.25, -0.2) is 0 Å². The van der Waals surface area contributed by atoms with Crippen molar-refractivity contribution in [1.82, 2.24) is 25.1 Å². The van der Waals surface area contributed by atoms with Crippen molar-refractivity contribution in [3.8, 4) is 5.69 Å². The summed E-state index contributed by atoms with van der Waals surface area (Å²) in [6, 6.07) is 7.24. The van der Waals surface area contributed by atoms with Crippen LogP contribution in [0.3, 0.4) is 0 Å². The van der Waals surface area contributed by atoms with Crippen molar-refractivity contribution in [1.29, 1.82) is 0 Å². The van der Waals surface area contributed by atoms with Crippen molar-refractivity contribution in [3.05, 3.63) is 42.6 Å². The first-order chi connectivity index (χ1) is 13.7. The molecule has 28 heavy (non-hydrogen) atoms. The zero-order valence-electron chi connectivity index (χ0n) is 16.3. The summed E-state index contributed by atoms with van der Waals surface area (Å²) in [6.07, 6.45) is 14.9. The van der Waals surface area contributed by atoms with Crippen LogP contribution < -0.4 is 5.32 Å². The second-order valence-corrected chi connectivity index (χ2v) is 7.42. The van der Waals surface area contributed by atoms with Gasteiger partial charge in [-0.05, 0) is 75.3 Å². The van der Waals surface area contributed by atoms with Crippen LogP contribution in [0.1, 0.15) is 44.1 Å². The minimum atomic E-state index is -0.250. The minimum absolute atomic E-state index is 0.250. The SMILES string of the molecule is CNC1CCC(CCCc2c[nH]c3ccc(-n4cnnc4)cc23)CC1.O=CO. The molecule has 7 nitrogen and oxygen atoms in total. The molecule has 0 radical (unpaired) electrons. The predicted octanol–water partition coefficient (Wildman–Crippen LogP) is 3.55. The molecule has 0 bridgehead atoms. The molecule has 150 valence electrons. The van der Waals surface area contributed by atoms with Gasteiger partial charge in [0.1, 0.15) is 12.7 Å². The van der Waals surface area contributed by atoms with E-state index in [1.807, 2.05) is 4.57 Å². The Morgan fingerprint density at radius 2 is 1.96 bits per heavy atom. The molecule has 1 aromatic carbocycles. The van der Waals surface area contributed by atoms with E-state index in [9.17, 15) is 0 Å². The number of nitrogens with one attached hydrogen (secondary N) is 2. The molecule has 3 N–H and O–H groups in total. The second-order valence-electron chi connectivity index (χ2n) is 7.42. The summed E-state index contributed by atoms with van der Waals surface area (Å²) in [5, 5.41) is 19.4. The maximum Gasteiger partial charge on any atom is 0.290 e. The van der Waals surface area contributed by atoms with E-state index >= 15 is 0 Å². The number of H-pyrrole nitrogens is 1. The average molecular weight is 383 g/mol. The van der Waals surface area contributed by atoms with E-state index in [2.05, 4.69) is 51.9 Å². The van der Waals surface area contributed by atoms with Gasteiger partial charge in [0.15, 0.2) is 0 Å². The number of hydrogen-bond acceptors (Lipinski definition) is 4. The Balaban J connectivity index is 0.000000706. The molecule has 3 aromatic rings. The third-order valence-electron chi connectivity index (χ3n) is 5.78. The standard InChI is InChI=1S/C20H27N5.CH2O2/c1-21-17-7-5-15(6-8-17)3-2-4-16-12-22-20-10-9-18(11-19(16)20)25-13-23-24-14-25;2-1-3/h9-15,17,21-22H,2-8H2,1H3;1H,(H,2,3). The Bertz CT molecular complexity index is 851. The quantitative estimate of drug-likeness (QED) is 0.566. The van der Waals surface area contributed by atoms with Crippen molar-refractivity contribution in [2.24, 2.45) is 5.92 Å². The van der Waals surface area contributed by atoms with Crippen LogP contribution >= 0.6 is 0 Å². The van der Waals surface area contributed by atoms with E-state index in [-0.39, 0.29) is 6.47 Å². The molecule has 7 heteroatoms. The van der Waals surface area contributed by atoms with Gasteiger partial charge in [-0.3, -0.25) is 9.36 Å². The minimum Gasteiger partial charge on any atom is -0.483 e. The number of rotatable bonds is 6. The number of carbonyl (C=O) groups is 1. The number of benzene rings is 1. The molecule has 0 aliphatic heterocycles. The zero-order valence-corrected chi connectivity index (χ0v) is 16.3. The topological polar surface area (TPSA) is 95.8 Å². The summed E-state index contributed by atoms with van der Waals surface area (Å²) in [5.74, 6) is 0.919. The van der Waals surface area contributed by atoms with Crippen LogP contribution in [0, 0.1) is 5.92 Å². The first-order valence-corrected chi connectivity index (χ1v) is 9.95. The monoisotopic (exact) mass is 383 g/mol. The zero-order chi connectivity index (χ0) is 19.8. The molecule has 0 amide bonds. The molecule has 2 heterocycles. The molecule has 0 saturated heterocycles. The number of aryl methyl sites for hydroxylation is 1. The van der Waals surface area contributed by atoms with Gasteiger partial charge in [0.2, 0.25) is 0 Å². The van der Waals surface area contributed by atoms with Crippen LogP contribution in [0.2, 0.25) is 0 Å². The summed E-state index contributed by atoms with van der Waals surface area (Å²) in [5.41, 5.74) is 3.75. The van der Waals surface area contributed by atoms with Crippen molar-refractivity contribution in [2.75, 3.05) is 7.05 Å². The molecule has 0 spiro atoms. The Morgan fingerprint density at radius 3 is 2.64 bits per heavy atom. The lowest BCUT2D eigenvalue weighted by atomic mass is 9.83. The summed E-state index contributed by atoms with van der Waals surface area (Å²) < 4.78 is 1.95. The predicted molar refractivity (Wildman–Crippen MR) is 110 cm³/mol. The Labute approximate surface area is 165 Å². The number of fused-ring (bicyclic) bond motifs is 1. The van der Waals surface area contributed by atoms with Gasteiger partial charge in [0, 0.05) is 28.8 Å². The lowest BCUT2D eigenvalue weighted by Crippen LogP contribution is -2.30. The fourth-order valence-electron chi connectivity index (χ4n) is 4.19. The fourth-order valence-corrected chi connectivity index (χ4v) is 4.19. The van der Waals surface area contributed by atoms with Crippen LogP contribution in [0.5, 0.6) is 0 Å². The molecular formula is C21H29N5O2. The maximum absolute atomic E-state index is 8.36. The van der Waals surface area contributed by atoms with Crippen molar-refractivity contribution < 1.29 is 9.90 Å². The largest absolute Gasteiger partial charge is 0.483 e. The van der Waals surface area contributed by atoms with Crippen LogP contribution in [0.25, 0.3) is 16.6 Å². The van der Waals surface area contributed by atoms with Crippen molar-refractivity contribution in [2.45, 2.75) is 51.0 Å². The maximum atomic E-state index is 8.36. The summed E-state index contributed by atoms with van der Waals surface area (Å²) in [6.45, 7) is -0.250. The Kier molecular flexibility index (Phi) is 7.19. The van der Waals surface area contributed by atoms with E-state index in [0.29, 0.717) is 0 Å². The van der Waals surface area contributed by atoms with E-state index in [1.165, 1.54) is 55.0 Å². The summed E-state index contributed by atoms with van der Waals surface area (Å²) >= 11 is 0. The lowest BCUT2D eigenvalue weighted by molar-refractivity contribution is -0.122. The van der Waals surface area contributed by atoms with Gasteiger partial charge >= 0.3 is 0 Å². The number of aromatic amines is 1. The molecule has 4 rings (SSSR count). The third kappa shape index (κ3) is 4.98. The van der Waals surface area contributed by atoms with Gasteiger partial charge in [0.25, 0.3) is 6.47 Å². The first kappa shape index (κ1) is 20.1. The van der Waals surface area contributed by atoms with Crippen LogP contribution in [-0.2, 0) is 11.2 Å². The number of aromatic nitrogens is 4. The Hall–Kier alpha value is -2.67. The lowest BCUT2D eigenvalue weighted by Gasteiger charge is -2.28. The molecule has 1 saturated carbocycles. The number of carboxylic acid groups (broad SMARTS) is 1. The molecule has 1 fully saturated rings. The molecule has 0 atom stereocenters. The average Bonchev–Trinajstić information content (AvgIpc) is 3.39. The fraction of sp³-hybridized carbons (Fsp3) is 0.476. The normalized spacial score (nSPS) is 19.2. The van der Waals surface area contributed by atoms with E-state index in [1.54, 1.807) is 12.7 Å². The highest BCUT2D eigenvalue weighted by Crippen LogP contribution is 2.29. The molecule has 1 aliphatic rings. The van der Waals surface area contributed by atoms with E-state index in [0.717, 1.165) is 24.1 Å². The van der Waals surface area contributed by atoms with Gasteiger partial charge in [-0.15, -0.1) is 10.2 Å². The smallest absolute Gasteiger partial charge is 0.290 e. The van der Waals surface area contributed by atoms with Crippen molar-refractivity contribution >= 4 is 17.4 Å². The van der Waals surface area contributed by atoms with E-state index in [4.69, 9.17) is 9.90 Å². The Morgan fingerprint density at radius 1 is 1.25 bits per heavy atom. The number of nitrogens with zero attached hydrogens (tertiary/aromatic N) is 3. The highest BCUT2D eigenvalue weighted by atomic mass is 16.3. The molecule has 1 aliphatic carbocycles. The molecule has 0 unspecified atom stereocenters. The second kappa shape index (κ2) is 10.0. The first-order valence-electron chi connectivity index (χ1n) is 9.95. The summed E-state index contributed by atoms with van der Waals surface area (Å²) in [7, 11) is 2.09. The van der Waals surface area contributed by atoms with Crippen LogP contribution in [0.4, 0.5) is 0 Å². The molecular weight excluding hydrogens is 354 g/mol. The van der Waals surface area contributed by atoms with Gasteiger partial charge in [-0.2, -0.15) is 0 Å².